The van der Waals surface area contributed by atoms with Gasteiger partial charge in [-0.3, -0.25) is 9.59 Å². The molecule has 0 radical (unpaired) electrons. The lowest BCUT2D eigenvalue weighted by molar-refractivity contribution is -0.135. The van der Waals surface area contributed by atoms with Gasteiger partial charge in [0.25, 0.3) is 0 Å². The number of aromatic nitrogens is 2. The summed E-state index contributed by atoms with van der Waals surface area (Å²) in [7, 11) is 0. The lowest BCUT2D eigenvalue weighted by Crippen LogP contribution is -2.46. The summed E-state index contributed by atoms with van der Waals surface area (Å²) in [6, 6.07) is 10.1. The Morgan fingerprint density at radius 2 is 1.87 bits per heavy atom. The molecule has 0 saturated carbocycles. The van der Waals surface area contributed by atoms with E-state index in [1.165, 1.54) is 5.56 Å². The largest absolute Gasteiger partial charge is 0.355 e. The molecule has 7 nitrogen and oxygen atoms in total. The number of aryl methyl sites for hydroxylation is 1. The van der Waals surface area contributed by atoms with E-state index in [1.807, 2.05) is 23.1 Å². The topological polar surface area (TPSA) is 78.4 Å². The normalized spacial score (nSPS) is 21.4. The molecule has 2 amide bonds. The molecular formula is C24H29N5O2. The smallest absolute Gasteiger partial charge is 0.227 e. The van der Waals surface area contributed by atoms with Crippen molar-refractivity contribution in [3.8, 4) is 11.4 Å². The van der Waals surface area contributed by atoms with Crippen molar-refractivity contribution in [1.82, 2.24) is 20.2 Å². The molecule has 5 rings (SSSR count). The summed E-state index contributed by atoms with van der Waals surface area (Å²) in [5.41, 5.74) is 3.46. The van der Waals surface area contributed by atoms with Gasteiger partial charge in [-0.2, -0.15) is 0 Å². The first kappa shape index (κ1) is 20.0. The average Bonchev–Trinajstić information content (AvgIpc) is 3.19. The number of carbonyl (C=O) groups is 2. The molecule has 2 aliphatic heterocycles. The lowest BCUT2D eigenvalue weighted by Gasteiger charge is -2.36. The summed E-state index contributed by atoms with van der Waals surface area (Å²) in [5, 5.41) is 2.86. The molecule has 3 heterocycles. The predicted octanol–water partition coefficient (Wildman–Crippen LogP) is 2.20. The van der Waals surface area contributed by atoms with Crippen molar-refractivity contribution in [3.05, 3.63) is 41.6 Å². The fourth-order valence-electron chi connectivity index (χ4n) is 5.01. The number of fused-ring (bicyclic) bond motifs is 1. The summed E-state index contributed by atoms with van der Waals surface area (Å²) >= 11 is 0. The summed E-state index contributed by atoms with van der Waals surface area (Å²) in [6.07, 6.45) is 5.37. The third-order valence-corrected chi connectivity index (χ3v) is 6.64. The van der Waals surface area contributed by atoms with Crippen LogP contribution in [0.5, 0.6) is 0 Å². The van der Waals surface area contributed by atoms with Gasteiger partial charge in [0.05, 0.1) is 5.92 Å². The van der Waals surface area contributed by atoms with E-state index in [0.29, 0.717) is 32.6 Å². The van der Waals surface area contributed by atoms with Crippen LogP contribution in [0.3, 0.4) is 0 Å². The van der Waals surface area contributed by atoms with E-state index in [-0.39, 0.29) is 17.7 Å². The van der Waals surface area contributed by atoms with Crippen LogP contribution in [0.15, 0.2) is 30.3 Å². The second-order valence-corrected chi connectivity index (χ2v) is 8.73. The average molecular weight is 420 g/mol. The number of nitrogens with one attached hydrogen (secondary N) is 1. The first-order valence-corrected chi connectivity index (χ1v) is 11.4. The predicted molar refractivity (Wildman–Crippen MR) is 119 cm³/mol. The highest BCUT2D eigenvalue weighted by atomic mass is 16.2. The maximum Gasteiger partial charge on any atom is 0.227 e. The van der Waals surface area contributed by atoms with Crippen LogP contribution >= 0.6 is 0 Å². The minimum absolute atomic E-state index is 0.0329. The molecule has 0 bridgehead atoms. The van der Waals surface area contributed by atoms with Crippen LogP contribution in [0.4, 0.5) is 5.82 Å². The highest BCUT2D eigenvalue weighted by molar-refractivity contribution is 5.82. The lowest BCUT2D eigenvalue weighted by atomic mass is 9.96. The maximum atomic E-state index is 13.2. The molecule has 2 aromatic rings. The Balaban J connectivity index is 1.39. The number of carbonyl (C=O) groups excluding carboxylic acids is 2. The molecule has 1 aromatic heterocycles. The molecule has 2 saturated heterocycles. The van der Waals surface area contributed by atoms with Gasteiger partial charge in [-0.25, -0.2) is 9.97 Å². The van der Waals surface area contributed by atoms with Crippen molar-refractivity contribution in [1.29, 1.82) is 0 Å². The van der Waals surface area contributed by atoms with Gasteiger partial charge in [-0.1, -0.05) is 30.3 Å². The number of anilines is 1. The monoisotopic (exact) mass is 419 g/mol. The van der Waals surface area contributed by atoms with E-state index in [4.69, 9.17) is 9.97 Å². The summed E-state index contributed by atoms with van der Waals surface area (Å²) in [4.78, 5) is 38.9. The molecule has 1 N–H and O–H groups in total. The maximum absolute atomic E-state index is 13.2. The molecule has 1 aromatic carbocycles. The summed E-state index contributed by atoms with van der Waals surface area (Å²) in [6.45, 7) is 3.26. The Kier molecular flexibility index (Phi) is 5.57. The van der Waals surface area contributed by atoms with Gasteiger partial charge in [0.2, 0.25) is 11.8 Å². The summed E-state index contributed by atoms with van der Waals surface area (Å²) in [5.74, 6) is 1.96. The van der Waals surface area contributed by atoms with E-state index in [2.05, 4.69) is 22.3 Å². The highest BCUT2D eigenvalue weighted by Gasteiger charge is 2.33. The first-order chi connectivity index (χ1) is 15.2. The standard InChI is InChI=1S/C24H29N5O2/c30-21-11-14-28(15-12-25-21)24(31)18-8-5-13-29(16-18)23-19-9-4-10-20(19)26-22(27-23)17-6-2-1-3-7-17/h1-3,6-7,18H,4-5,8-16H2,(H,25,30). The zero-order valence-electron chi connectivity index (χ0n) is 17.8. The molecule has 0 spiro atoms. The molecule has 1 atom stereocenters. The molecule has 7 heteroatoms. The Hall–Kier alpha value is -2.96. The fraction of sp³-hybridized carbons (Fsp3) is 0.500. The van der Waals surface area contributed by atoms with Gasteiger partial charge in [-0.05, 0) is 32.1 Å². The second kappa shape index (κ2) is 8.65. The van der Waals surface area contributed by atoms with Crippen LogP contribution < -0.4 is 10.2 Å². The molecule has 1 unspecified atom stereocenters. The van der Waals surface area contributed by atoms with Gasteiger partial charge in [0.15, 0.2) is 5.82 Å². The molecule has 162 valence electrons. The Morgan fingerprint density at radius 3 is 2.74 bits per heavy atom. The van der Waals surface area contributed by atoms with Crippen LogP contribution in [0.2, 0.25) is 0 Å². The van der Waals surface area contributed by atoms with Crippen molar-refractivity contribution < 1.29 is 9.59 Å². The zero-order chi connectivity index (χ0) is 21.2. The molecule has 2 fully saturated rings. The van der Waals surface area contributed by atoms with Crippen LogP contribution in [-0.4, -0.2) is 59.4 Å². The highest BCUT2D eigenvalue weighted by Crippen LogP contribution is 2.33. The van der Waals surface area contributed by atoms with Crippen LogP contribution in [0.1, 0.15) is 36.9 Å². The Labute approximate surface area is 182 Å². The van der Waals surface area contributed by atoms with Crippen molar-refractivity contribution >= 4 is 17.6 Å². The first-order valence-electron chi connectivity index (χ1n) is 11.4. The third kappa shape index (κ3) is 4.13. The Bertz CT molecular complexity index is 977. The molecule has 3 aliphatic rings. The summed E-state index contributed by atoms with van der Waals surface area (Å²) < 4.78 is 0. The van der Waals surface area contributed by atoms with Crippen molar-refractivity contribution in [2.75, 3.05) is 37.6 Å². The van der Waals surface area contributed by atoms with E-state index >= 15 is 0 Å². The van der Waals surface area contributed by atoms with E-state index in [0.717, 1.165) is 61.5 Å². The van der Waals surface area contributed by atoms with E-state index in [9.17, 15) is 9.59 Å². The molecule has 1 aliphatic carbocycles. The van der Waals surface area contributed by atoms with Gasteiger partial charge in [0, 0.05) is 56.0 Å². The zero-order valence-corrected chi connectivity index (χ0v) is 17.8. The van der Waals surface area contributed by atoms with Gasteiger partial charge >= 0.3 is 0 Å². The number of piperidine rings is 1. The fourth-order valence-corrected chi connectivity index (χ4v) is 5.01. The number of rotatable bonds is 3. The van der Waals surface area contributed by atoms with Gasteiger partial charge < -0.3 is 15.1 Å². The number of amides is 2. The number of benzene rings is 1. The minimum atomic E-state index is -0.0471. The Morgan fingerprint density at radius 1 is 1.00 bits per heavy atom. The van der Waals surface area contributed by atoms with E-state index in [1.54, 1.807) is 0 Å². The van der Waals surface area contributed by atoms with Gasteiger partial charge in [0.1, 0.15) is 5.82 Å². The van der Waals surface area contributed by atoms with Crippen LogP contribution in [0.25, 0.3) is 11.4 Å². The van der Waals surface area contributed by atoms with Gasteiger partial charge in [-0.15, -0.1) is 0 Å². The second-order valence-electron chi connectivity index (χ2n) is 8.73. The van der Waals surface area contributed by atoms with Crippen molar-refractivity contribution in [2.24, 2.45) is 5.92 Å². The SMILES string of the molecule is O=C1CCN(C(=O)C2CCCN(c3nc(-c4ccccc4)nc4c3CCC4)C2)CCN1. The number of hydrogen-bond donors (Lipinski definition) is 1. The minimum Gasteiger partial charge on any atom is -0.355 e. The van der Waals surface area contributed by atoms with Crippen molar-refractivity contribution in [3.63, 3.8) is 0 Å². The van der Waals surface area contributed by atoms with Crippen molar-refractivity contribution in [2.45, 2.75) is 38.5 Å². The number of nitrogens with zero attached hydrogens (tertiary/aromatic N) is 4. The number of hydrogen-bond acceptors (Lipinski definition) is 5. The molecular weight excluding hydrogens is 390 g/mol. The quantitative estimate of drug-likeness (QED) is 0.825. The third-order valence-electron chi connectivity index (χ3n) is 6.64. The van der Waals surface area contributed by atoms with Crippen LogP contribution in [0, 0.1) is 5.92 Å². The van der Waals surface area contributed by atoms with E-state index < -0.39 is 0 Å². The molecule has 31 heavy (non-hydrogen) atoms. The van der Waals surface area contributed by atoms with Crippen LogP contribution in [-0.2, 0) is 22.4 Å².